The van der Waals surface area contributed by atoms with Gasteiger partial charge in [0.15, 0.2) is 0 Å². The van der Waals surface area contributed by atoms with Gasteiger partial charge in [0.05, 0.1) is 28.5 Å². The molecule has 0 aliphatic heterocycles. The molecular weight excluding hydrogens is 456 g/mol. The van der Waals surface area contributed by atoms with Crippen LogP contribution >= 0.6 is 22.6 Å². The molecule has 0 aromatic heterocycles. The van der Waals surface area contributed by atoms with Gasteiger partial charge in [-0.05, 0) is 65.6 Å². The predicted molar refractivity (Wildman–Crippen MR) is 102 cm³/mol. The van der Waals surface area contributed by atoms with Crippen molar-refractivity contribution in [1.82, 2.24) is 5.48 Å². The van der Waals surface area contributed by atoms with Crippen molar-refractivity contribution in [1.29, 1.82) is 0 Å². The van der Waals surface area contributed by atoms with Crippen LogP contribution in [0.3, 0.4) is 0 Å². The zero-order valence-electron chi connectivity index (χ0n) is 13.5. The molecule has 7 nitrogen and oxygen atoms in total. The van der Waals surface area contributed by atoms with E-state index in [-0.39, 0.29) is 22.6 Å². The number of anilines is 2. The standard InChI is InChI=1S/C17H15FIN3O4/c18-14-7-11(19)3-6-15(14)20-16-8-12(22(24)25)4-5-13(16)17(23)21-26-9-10-1-2-10/h3-8,10,20H,1-2,9H2,(H,21,23). The van der Waals surface area contributed by atoms with Gasteiger partial charge in [0, 0.05) is 15.7 Å². The van der Waals surface area contributed by atoms with Crippen molar-refractivity contribution in [3.05, 3.63) is 61.5 Å². The molecule has 0 atom stereocenters. The molecule has 2 N–H and O–H groups in total. The highest BCUT2D eigenvalue weighted by Gasteiger charge is 2.23. The Bertz CT molecular complexity index is 858. The minimum atomic E-state index is -0.583. The molecule has 0 spiro atoms. The fraction of sp³-hybridized carbons (Fsp3) is 0.235. The number of nitrogens with zero attached hydrogens (tertiary/aromatic N) is 1. The third-order valence-corrected chi connectivity index (χ3v) is 4.51. The second-order valence-electron chi connectivity index (χ2n) is 5.92. The van der Waals surface area contributed by atoms with E-state index in [4.69, 9.17) is 4.84 Å². The van der Waals surface area contributed by atoms with Gasteiger partial charge in [-0.3, -0.25) is 19.7 Å². The van der Waals surface area contributed by atoms with Crippen LogP contribution < -0.4 is 10.8 Å². The molecule has 0 radical (unpaired) electrons. The van der Waals surface area contributed by atoms with Crippen molar-refractivity contribution in [3.8, 4) is 0 Å². The summed E-state index contributed by atoms with van der Waals surface area (Å²) in [7, 11) is 0. The number of hydroxylamine groups is 1. The predicted octanol–water partition coefficient (Wildman–Crippen LogP) is 4.15. The maximum absolute atomic E-state index is 14.1. The molecule has 2 aromatic rings. The third-order valence-electron chi connectivity index (χ3n) is 3.84. The van der Waals surface area contributed by atoms with Crippen LogP contribution in [0.25, 0.3) is 0 Å². The first-order valence-electron chi connectivity index (χ1n) is 7.86. The summed E-state index contributed by atoms with van der Waals surface area (Å²) in [5.41, 5.74) is 2.45. The first kappa shape index (κ1) is 18.5. The van der Waals surface area contributed by atoms with E-state index in [9.17, 15) is 19.3 Å². The minimum absolute atomic E-state index is 0.110. The fourth-order valence-electron chi connectivity index (χ4n) is 2.25. The molecule has 0 bridgehead atoms. The van der Waals surface area contributed by atoms with Gasteiger partial charge in [0.2, 0.25) is 0 Å². The van der Waals surface area contributed by atoms with Crippen LogP contribution in [0, 0.1) is 25.4 Å². The van der Waals surface area contributed by atoms with Crippen LogP contribution in [0.2, 0.25) is 0 Å². The van der Waals surface area contributed by atoms with E-state index in [1.54, 1.807) is 6.07 Å². The summed E-state index contributed by atoms with van der Waals surface area (Å²) < 4.78 is 14.8. The average Bonchev–Trinajstić information content (AvgIpc) is 3.41. The van der Waals surface area contributed by atoms with Crippen molar-refractivity contribution in [3.63, 3.8) is 0 Å². The first-order valence-corrected chi connectivity index (χ1v) is 8.94. The molecule has 0 saturated heterocycles. The van der Waals surface area contributed by atoms with Crippen LogP contribution in [0.5, 0.6) is 0 Å². The quantitative estimate of drug-likeness (QED) is 0.360. The van der Waals surface area contributed by atoms with Crippen molar-refractivity contribution < 1.29 is 18.9 Å². The van der Waals surface area contributed by atoms with E-state index >= 15 is 0 Å². The van der Waals surface area contributed by atoms with Crippen molar-refractivity contribution >= 4 is 45.6 Å². The summed E-state index contributed by atoms with van der Waals surface area (Å²) in [6, 6.07) is 8.21. The number of rotatable bonds is 7. The number of benzene rings is 2. The summed E-state index contributed by atoms with van der Waals surface area (Å²) in [4.78, 5) is 27.9. The van der Waals surface area contributed by atoms with Gasteiger partial charge in [-0.2, -0.15) is 0 Å². The maximum atomic E-state index is 14.1. The molecule has 3 rings (SSSR count). The van der Waals surface area contributed by atoms with Crippen molar-refractivity contribution in [2.45, 2.75) is 12.8 Å². The molecule has 1 saturated carbocycles. The lowest BCUT2D eigenvalue weighted by atomic mass is 10.1. The molecule has 1 aliphatic carbocycles. The number of hydrogen-bond acceptors (Lipinski definition) is 5. The van der Waals surface area contributed by atoms with Crippen LogP contribution in [0.1, 0.15) is 23.2 Å². The van der Waals surface area contributed by atoms with E-state index in [2.05, 4.69) is 10.8 Å². The molecule has 1 fully saturated rings. The molecule has 1 aliphatic rings. The second-order valence-corrected chi connectivity index (χ2v) is 7.17. The van der Waals surface area contributed by atoms with E-state index in [1.165, 1.54) is 30.3 Å². The summed E-state index contributed by atoms with van der Waals surface area (Å²) in [5, 5.41) is 13.8. The number of hydrogen-bond donors (Lipinski definition) is 2. The Morgan fingerprint density at radius 3 is 2.69 bits per heavy atom. The topological polar surface area (TPSA) is 93.5 Å². The molecule has 9 heteroatoms. The monoisotopic (exact) mass is 471 g/mol. The molecular formula is C17H15FIN3O4. The summed E-state index contributed by atoms with van der Waals surface area (Å²) in [6.45, 7) is 0.424. The Morgan fingerprint density at radius 2 is 2.04 bits per heavy atom. The summed E-state index contributed by atoms with van der Waals surface area (Å²) in [6.07, 6.45) is 2.15. The molecule has 136 valence electrons. The minimum Gasteiger partial charge on any atom is -0.352 e. The average molecular weight is 471 g/mol. The smallest absolute Gasteiger partial charge is 0.276 e. The normalized spacial score (nSPS) is 13.3. The largest absolute Gasteiger partial charge is 0.352 e. The number of halogens is 2. The number of carbonyl (C=O) groups excluding carboxylic acids is 1. The van der Waals surface area contributed by atoms with E-state index < -0.39 is 16.6 Å². The van der Waals surface area contributed by atoms with E-state index in [0.717, 1.165) is 12.8 Å². The molecule has 2 aromatic carbocycles. The van der Waals surface area contributed by atoms with Gasteiger partial charge in [0.25, 0.3) is 11.6 Å². The van der Waals surface area contributed by atoms with Gasteiger partial charge in [0.1, 0.15) is 5.82 Å². The van der Waals surface area contributed by atoms with Crippen LogP contribution in [0.4, 0.5) is 21.5 Å². The van der Waals surface area contributed by atoms with E-state index in [0.29, 0.717) is 16.1 Å². The van der Waals surface area contributed by atoms with Gasteiger partial charge < -0.3 is 5.32 Å². The number of amides is 1. The number of carbonyl (C=O) groups is 1. The van der Waals surface area contributed by atoms with Crippen molar-refractivity contribution in [2.75, 3.05) is 11.9 Å². The van der Waals surface area contributed by atoms with Gasteiger partial charge in [-0.25, -0.2) is 9.87 Å². The SMILES string of the molecule is O=C(NOCC1CC1)c1ccc([N+](=O)[O-])cc1Nc1ccc(I)cc1F. The first-order chi connectivity index (χ1) is 12.4. The van der Waals surface area contributed by atoms with Crippen molar-refractivity contribution in [2.24, 2.45) is 5.92 Å². The summed E-state index contributed by atoms with van der Waals surface area (Å²) in [5.74, 6) is -0.626. The molecule has 26 heavy (non-hydrogen) atoms. The maximum Gasteiger partial charge on any atom is 0.276 e. The van der Waals surface area contributed by atoms with Gasteiger partial charge in [-0.15, -0.1) is 0 Å². The van der Waals surface area contributed by atoms with E-state index in [1.807, 2.05) is 22.6 Å². The van der Waals surface area contributed by atoms with Gasteiger partial charge in [-0.1, -0.05) is 0 Å². The Hall–Kier alpha value is -2.27. The second kappa shape index (κ2) is 7.96. The molecule has 1 amide bonds. The highest BCUT2D eigenvalue weighted by Crippen LogP contribution is 2.29. The lowest BCUT2D eigenvalue weighted by Crippen LogP contribution is -2.25. The van der Waals surface area contributed by atoms with Crippen LogP contribution in [-0.2, 0) is 4.84 Å². The zero-order valence-corrected chi connectivity index (χ0v) is 15.7. The number of nitro benzene ring substituents is 1. The third kappa shape index (κ3) is 4.67. The van der Waals surface area contributed by atoms with Crippen LogP contribution in [-0.4, -0.2) is 17.4 Å². The lowest BCUT2D eigenvalue weighted by molar-refractivity contribution is -0.384. The number of nitrogens with one attached hydrogen (secondary N) is 2. The number of non-ortho nitro benzene ring substituents is 1. The molecule has 0 heterocycles. The Balaban J connectivity index is 1.85. The van der Waals surface area contributed by atoms with Crippen LogP contribution in [0.15, 0.2) is 36.4 Å². The lowest BCUT2D eigenvalue weighted by Gasteiger charge is -2.13. The Labute approximate surface area is 162 Å². The zero-order chi connectivity index (χ0) is 18.7. The fourth-order valence-corrected chi connectivity index (χ4v) is 2.70. The highest BCUT2D eigenvalue weighted by atomic mass is 127. The highest BCUT2D eigenvalue weighted by molar-refractivity contribution is 14.1. The summed E-state index contributed by atoms with van der Waals surface area (Å²) >= 11 is 1.97. The number of nitro groups is 1. The Morgan fingerprint density at radius 1 is 1.27 bits per heavy atom. The van der Waals surface area contributed by atoms with Gasteiger partial charge >= 0.3 is 0 Å². The Kier molecular flexibility index (Phi) is 5.67. The molecule has 0 unspecified atom stereocenters.